The van der Waals surface area contributed by atoms with E-state index in [1.807, 2.05) is 7.05 Å². The maximum Gasteiger partial charge on any atom is 0.216 e. The topological polar surface area (TPSA) is 47.0 Å². The van der Waals surface area contributed by atoms with Crippen molar-refractivity contribution in [3.05, 3.63) is 52.7 Å². The van der Waals surface area contributed by atoms with Gasteiger partial charge < -0.3 is 10.1 Å². The third-order valence-corrected chi connectivity index (χ3v) is 3.29. The SMILES string of the molecule is CNC(Cc1ccc(F)c(Cl)c1)c1cc(OC)ncn1. The van der Waals surface area contributed by atoms with Crippen LogP contribution in [0.3, 0.4) is 0 Å². The number of nitrogens with one attached hydrogen (secondary N) is 1. The molecule has 2 aromatic rings. The van der Waals surface area contributed by atoms with E-state index in [9.17, 15) is 4.39 Å². The van der Waals surface area contributed by atoms with Gasteiger partial charge in [0.1, 0.15) is 12.1 Å². The first kappa shape index (κ1) is 14.7. The molecule has 2 rings (SSSR count). The van der Waals surface area contributed by atoms with Crippen LogP contribution in [0.5, 0.6) is 5.88 Å². The summed E-state index contributed by atoms with van der Waals surface area (Å²) in [6, 6.07) is 6.44. The van der Waals surface area contributed by atoms with Crippen molar-refractivity contribution in [2.24, 2.45) is 0 Å². The van der Waals surface area contributed by atoms with Crippen LogP contribution in [-0.4, -0.2) is 24.1 Å². The molecular formula is C14H15ClFN3O. The Bertz CT molecular complexity index is 594. The molecule has 1 atom stereocenters. The standard InChI is InChI=1S/C14H15ClFN3O/c1-17-12(13-7-14(20-2)19-8-18-13)6-9-3-4-11(16)10(15)5-9/h3-5,7-8,12,17H,6H2,1-2H3. The van der Waals surface area contributed by atoms with E-state index in [4.69, 9.17) is 16.3 Å². The van der Waals surface area contributed by atoms with E-state index in [0.29, 0.717) is 12.3 Å². The summed E-state index contributed by atoms with van der Waals surface area (Å²) in [6.07, 6.45) is 2.09. The van der Waals surface area contributed by atoms with Crippen LogP contribution >= 0.6 is 11.6 Å². The van der Waals surface area contributed by atoms with Gasteiger partial charge in [0.2, 0.25) is 5.88 Å². The molecule has 0 radical (unpaired) electrons. The highest BCUT2D eigenvalue weighted by Crippen LogP contribution is 2.22. The summed E-state index contributed by atoms with van der Waals surface area (Å²) in [7, 11) is 3.39. The van der Waals surface area contributed by atoms with Gasteiger partial charge in [0.25, 0.3) is 0 Å². The van der Waals surface area contributed by atoms with E-state index in [1.54, 1.807) is 25.3 Å². The average molecular weight is 296 g/mol. The van der Waals surface area contributed by atoms with Crippen molar-refractivity contribution < 1.29 is 9.13 Å². The van der Waals surface area contributed by atoms with Gasteiger partial charge in [-0.25, -0.2) is 14.4 Å². The molecular weight excluding hydrogens is 281 g/mol. The van der Waals surface area contributed by atoms with E-state index < -0.39 is 5.82 Å². The predicted octanol–water partition coefficient (Wildman–Crippen LogP) is 2.78. The molecule has 0 aliphatic rings. The highest BCUT2D eigenvalue weighted by Gasteiger charge is 2.14. The first-order valence-electron chi connectivity index (χ1n) is 6.11. The molecule has 6 heteroatoms. The Morgan fingerprint density at radius 3 is 2.80 bits per heavy atom. The lowest BCUT2D eigenvalue weighted by atomic mass is 10.0. The normalized spacial score (nSPS) is 12.2. The fraction of sp³-hybridized carbons (Fsp3) is 0.286. The molecule has 0 amide bonds. The second kappa shape index (κ2) is 6.63. The molecule has 1 aromatic carbocycles. The van der Waals surface area contributed by atoms with Gasteiger partial charge in [-0.15, -0.1) is 0 Å². The molecule has 106 valence electrons. The third-order valence-electron chi connectivity index (χ3n) is 3.00. The molecule has 20 heavy (non-hydrogen) atoms. The Labute approximate surface area is 122 Å². The summed E-state index contributed by atoms with van der Waals surface area (Å²) >= 11 is 5.79. The summed E-state index contributed by atoms with van der Waals surface area (Å²) in [4.78, 5) is 8.21. The van der Waals surface area contributed by atoms with Crippen LogP contribution < -0.4 is 10.1 Å². The lowest BCUT2D eigenvalue weighted by Crippen LogP contribution is -2.20. The number of hydrogen-bond donors (Lipinski definition) is 1. The zero-order valence-corrected chi connectivity index (χ0v) is 12.0. The summed E-state index contributed by atoms with van der Waals surface area (Å²) in [5.41, 5.74) is 1.73. The molecule has 0 aliphatic carbocycles. The summed E-state index contributed by atoms with van der Waals surface area (Å²) in [5.74, 6) is 0.0903. The lowest BCUT2D eigenvalue weighted by molar-refractivity contribution is 0.394. The largest absolute Gasteiger partial charge is 0.481 e. The molecule has 1 aromatic heterocycles. The molecule has 1 heterocycles. The van der Waals surface area contributed by atoms with Crippen LogP contribution in [0.25, 0.3) is 0 Å². The Morgan fingerprint density at radius 2 is 2.15 bits per heavy atom. The number of nitrogens with zero attached hydrogens (tertiary/aromatic N) is 2. The van der Waals surface area contributed by atoms with Crippen LogP contribution in [0.1, 0.15) is 17.3 Å². The quantitative estimate of drug-likeness (QED) is 0.921. The van der Waals surface area contributed by atoms with Gasteiger partial charge in [-0.1, -0.05) is 17.7 Å². The molecule has 0 fully saturated rings. The molecule has 0 aliphatic heterocycles. The molecule has 1 N–H and O–H groups in total. The molecule has 0 bridgehead atoms. The van der Waals surface area contributed by atoms with E-state index in [-0.39, 0.29) is 11.1 Å². The fourth-order valence-corrected chi connectivity index (χ4v) is 2.12. The maximum absolute atomic E-state index is 13.2. The summed E-state index contributed by atoms with van der Waals surface area (Å²) in [5, 5.41) is 3.29. The van der Waals surface area contributed by atoms with Crippen LogP contribution in [0.2, 0.25) is 5.02 Å². The second-order valence-electron chi connectivity index (χ2n) is 4.28. The number of likely N-dealkylation sites (N-methyl/N-ethyl adjacent to an activating group) is 1. The van der Waals surface area contributed by atoms with Crippen LogP contribution in [0.4, 0.5) is 4.39 Å². The fourth-order valence-electron chi connectivity index (χ4n) is 1.91. The number of halogens is 2. The van der Waals surface area contributed by atoms with E-state index >= 15 is 0 Å². The number of aromatic nitrogens is 2. The first-order valence-corrected chi connectivity index (χ1v) is 6.49. The van der Waals surface area contributed by atoms with Crippen LogP contribution in [0.15, 0.2) is 30.6 Å². The predicted molar refractivity (Wildman–Crippen MR) is 75.5 cm³/mol. The van der Waals surface area contributed by atoms with Crippen molar-refractivity contribution in [1.29, 1.82) is 0 Å². The molecule has 4 nitrogen and oxygen atoms in total. The average Bonchev–Trinajstić information content (AvgIpc) is 2.48. The molecule has 0 saturated heterocycles. The second-order valence-corrected chi connectivity index (χ2v) is 4.69. The Kier molecular flexibility index (Phi) is 4.87. The van der Waals surface area contributed by atoms with E-state index in [2.05, 4.69) is 15.3 Å². The van der Waals surface area contributed by atoms with Crippen LogP contribution in [0, 0.1) is 5.82 Å². The molecule has 0 saturated carbocycles. The molecule has 1 unspecified atom stereocenters. The number of ether oxygens (including phenoxy) is 1. The van der Waals surface area contributed by atoms with Gasteiger partial charge in [-0.05, 0) is 31.2 Å². The summed E-state index contributed by atoms with van der Waals surface area (Å²) < 4.78 is 18.2. The minimum absolute atomic E-state index is 0.0339. The number of rotatable bonds is 5. The van der Waals surface area contributed by atoms with Gasteiger partial charge in [0.15, 0.2) is 0 Å². The van der Waals surface area contributed by atoms with E-state index in [0.717, 1.165) is 11.3 Å². The zero-order valence-electron chi connectivity index (χ0n) is 11.2. The van der Waals surface area contributed by atoms with Crippen molar-refractivity contribution in [1.82, 2.24) is 15.3 Å². The number of benzene rings is 1. The number of hydrogen-bond acceptors (Lipinski definition) is 4. The lowest BCUT2D eigenvalue weighted by Gasteiger charge is -2.16. The monoisotopic (exact) mass is 295 g/mol. The van der Waals surface area contributed by atoms with Gasteiger partial charge in [-0.2, -0.15) is 0 Å². The Balaban J connectivity index is 2.21. The van der Waals surface area contributed by atoms with Gasteiger partial charge in [0.05, 0.1) is 23.9 Å². The Hall–Kier alpha value is -1.72. The van der Waals surface area contributed by atoms with Crippen molar-refractivity contribution in [3.63, 3.8) is 0 Å². The smallest absolute Gasteiger partial charge is 0.216 e. The minimum atomic E-state index is -0.417. The van der Waals surface area contributed by atoms with E-state index in [1.165, 1.54) is 12.4 Å². The highest BCUT2D eigenvalue weighted by molar-refractivity contribution is 6.30. The van der Waals surface area contributed by atoms with Gasteiger partial charge >= 0.3 is 0 Å². The minimum Gasteiger partial charge on any atom is -0.481 e. The summed E-state index contributed by atoms with van der Waals surface area (Å²) in [6.45, 7) is 0. The van der Waals surface area contributed by atoms with Crippen molar-refractivity contribution in [2.75, 3.05) is 14.2 Å². The maximum atomic E-state index is 13.2. The van der Waals surface area contributed by atoms with Crippen molar-refractivity contribution in [2.45, 2.75) is 12.5 Å². The Morgan fingerprint density at radius 1 is 1.35 bits per heavy atom. The zero-order chi connectivity index (χ0) is 14.5. The van der Waals surface area contributed by atoms with Gasteiger partial charge in [-0.3, -0.25) is 0 Å². The van der Waals surface area contributed by atoms with Gasteiger partial charge in [0, 0.05) is 6.07 Å². The first-order chi connectivity index (χ1) is 9.63. The third kappa shape index (κ3) is 3.43. The number of methoxy groups -OCH3 is 1. The molecule has 0 spiro atoms. The van der Waals surface area contributed by atoms with Crippen LogP contribution in [-0.2, 0) is 6.42 Å². The van der Waals surface area contributed by atoms with Crippen molar-refractivity contribution >= 4 is 11.6 Å². The highest BCUT2D eigenvalue weighted by atomic mass is 35.5. The van der Waals surface area contributed by atoms with Crippen molar-refractivity contribution in [3.8, 4) is 5.88 Å².